The molecule has 0 saturated carbocycles. The Kier molecular flexibility index (Phi) is 6.79. The average molecular weight is 490 g/mol. The molecule has 0 radical (unpaired) electrons. The number of halogens is 2. The summed E-state index contributed by atoms with van der Waals surface area (Å²) < 4.78 is 28.1. The van der Waals surface area contributed by atoms with Crippen LogP contribution < -0.4 is 5.32 Å². The van der Waals surface area contributed by atoms with Crippen molar-refractivity contribution < 1.29 is 13.2 Å². The molecule has 0 aliphatic heterocycles. The summed E-state index contributed by atoms with van der Waals surface area (Å²) in [5, 5.41) is 2.76. The van der Waals surface area contributed by atoms with Gasteiger partial charge in [0, 0.05) is 27.7 Å². The summed E-state index contributed by atoms with van der Waals surface area (Å²) in [5.41, 5.74) is 0.883. The smallest absolute Gasteiger partial charge is 0.256 e. The molecule has 0 aliphatic carbocycles. The zero-order valence-corrected chi connectivity index (χ0v) is 17.8. The molecule has 0 spiro atoms. The standard InChI is InChI=1S/C17H18Br2N2O3S/c1-3-21(4-2)25(23,24)14-9-10-16(19)15(11-14)17(22)20-13-7-5-12(18)6-8-13/h5-11H,3-4H2,1-2H3,(H,20,22). The monoisotopic (exact) mass is 488 g/mol. The van der Waals surface area contributed by atoms with Crippen LogP contribution >= 0.6 is 31.9 Å². The van der Waals surface area contributed by atoms with E-state index in [0.29, 0.717) is 23.2 Å². The zero-order chi connectivity index (χ0) is 18.6. The molecule has 2 aromatic rings. The second-order valence-corrected chi connectivity index (χ2v) is 8.90. The first kappa shape index (κ1) is 20.1. The molecule has 2 rings (SSSR count). The van der Waals surface area contributed by atoms with Gasteiger partial charge in [0.25, 0.3) is 5.91 Å². The molecule has 0 bridgehead atoms. The fourth-order valence-corrected chi connectivity index (χ4v) is 4.46. The number of carbonyl (C=O) groups excluding carboxylic acids is 1. The van der Waals surface area contributed by atoms with E-state index >= 15 is 0 Å². The molecule has 0 aromatic heterocycles. The third-order valence-electron chi connectivity index (χ3n) is 3.63. The third-order valence-corrected chi connectivity index (χ3v) is 6.89. The number of sulfonamides is 1. The van der Waals surface area contributed by atoms with E-state index in [1.54, 1.807) is 32.0 Å². The van der Waals surface area contributed by atoms with E-state index in [4.69, 9.17) is 0 Å². The SMILES string of the molecule is CCN(CC)S(=O)(=O)c1ccc(Br)c(C(=O)Nc2ccc(Br)cc2)c1. The quantitative estimate of drug-likeness (QED) is 0.649. The van der Waals surface area contributed by atoms with Crippen LogP contribution in [0.4, 0.5) is 5.69 Å². The number of benzene rings is 2. The molecule has 1 amide bonds. The van der Waals surface area contributed by atoms with Crippen molar-refractivity contribution in [2.75, 3.05) is 18.4 Å². The Bertz CT molecular complexity index is 864. The van der Waals surface area contributed by atoms with E-state index in [-0.39, 0.29) is 16.4 Å². The Morgan fingerprint density at radius 3 is 2.20 bits per heavy atom. The summed E-state index contributed by atoms with van der Waals surface area (Å²) in [6.07, 6.45) is 0. The molecule has 0 saturated heterocycles. The number of amides is 1. The predicted molar refractivity (Wildman–Crippen MR) is 106 cm³/mol. The maximum atomic E-state index is 12.7. The molecule has 0 heterocycles. The van der Waals surface area contributed by atoms with Crippen LogP contribution in [0.3, 0.4) is 0 Å². The molecule has 5 nitrogen and oxygen atoms in total. The van der Waals surface area contributed by atoms with Crippen molar-refractivity contribution in [3.8, 4) is 0 Å². The summed E-state index contributed by atoms with van der Waals surface area (Å²) in [7, 11) is -3.63. The Balaban J connectivity index is 2.35. The van der Waals surface area contributed by atoms with E-state index in [1.165, 1.54) is 16.4 Å². The van der Waals surface area contributed by atoms with Crippen molar-refractivity contribution in [2.45, 2.75) is 18.7 Å². The summed E-state index contributed by atoms with van der Waals surface area (Å²) >= 11 is 6.65. The summed E-state index contributed by atoms with van der Waals surface area (Å²) in [5.74, 6) is -0.384. The number of carbonyl (C=O) groups is 1. The van der Waals surface area contributed by atoms with Gasteiger partial charge in [-0.15, -0.1) is 0 Å². The molecular formula is C17H18Br2N2O3S. The lowest BCUT2D eigenvalue weighted by Crippen LogP contribution is -2.30. The Hall–Kier alpha value is -1.22. The molecule has 1 N–H and O–H groups in total. The molecule has 0 atom stereocenters. The fourth-order valence-electron chi connectivity index (χ4n) is 2.28. The van der Waals surface area contributed by atoms with Crippen molar-refractivity contribution in [2.24, 2.45) is 0 Å². The maximum Gasteiger partial charge on any atom is 0.256 e. The van der Waals surface area contributed by atoms with Crippen molar-refractivity contribution >= 4 is 53.5 Å². The van der Waals surface area contributed by atoms with Gasteiger partial charge in [-0.3, -0.25) is 4.79 Å². The van der Waals surface area contributed by atoms with Crippen molar-refractivity contribution in [3.05, 3.63) is 57.0 Å². The van der Waals surface area contributed by atoms with Crippen molar-refractivity contribution in [1.29, 1.82) is 0 Å². The predicted octanol–water partition coefficient (Wildman–Crippen LogP) is 4.49. The van der Waals surface area contributed by atoms with Gasteiger partial charge in [0.05, 0.1) is 10.5 Å². The fraction of sp³-hybridized carbons (Fsp3) is 0.235. The van der Waals surface area contributed by atoms with E-state index in [0.717, 1.165) is 4.47 Å². The van der Waals surface area contributed by atoms with Crippen LogP contribution in [0, 0.1) is 0 Å². The van der Waals surface area contributed by atoms with Gasteiger partial charge in [0.1, 0.15) is 0 Å². The van der Waals surface area contributed by atoms with Gasteiger partial charge in [-0.25, -0.2) is 8.42 Å². The lowest BCUT2D eigenvalue weighted by molar-refractivity contribution is 0.102. The minimum absolute atomic E-state index is 0.0976. The maximum absolute atomic E-state index is 12.7. The Labute approximate surface area is 164 Å². The highest BCUT2D eigenvalue weighted by molar-refractivity contribution is 9.10. The van der Waals surface area contributed by atoms with E-state index < -0.39 is 10.0 Å². The van der Waals surface area contributed by atoms with Gasteiger partial charge in [0.15, 0.2) is 0 Å². The summed E-state index contributed by atoms with van der Waals surface area (Å²) in [6, 6.07) is 11.6. The minimum atomic E-state index is -3.63. The molecule has 2 aromatic carbocycles. The van der Waals surface area contributed by atoms with Gasteiger partial charge in [-0.05, 0) is 58.4 Å². The van der Waals surface area contributed by atoms with Gasteiger partial charge < -0.3 is 5.32 Å². The van der Waals surface area contributed by atoms with Crippen LogP contribution in [0.1, 0.15) is 24.2 Å². The molecule has 0 aliphatic rings. The van der Waals surface area contributed by atoms with Crippen LogP contribution in [-0.2, 0) is 10.0 Å². The van der Waals surface area contributed by atoms with Crippen LogP contribution in [0.15, 0.2) is 56.3 Å². The first-order valence-corrected chi connectivity index (χ1v) is 10.7. The van der Waals surface area contributed by atoms with Gasteiger partial charge in [-0.1, -0.05) is 29.8 Å². The molecular weight excluding hydrogens is 472 g/mol. The lowest BCUT2D eigenvalue weighted by Gasteiger charge is -2.19. The number of nitrogens with one attached hydrogen (secondary N) is 1. The molecule has 0 unspecified atom stereocenters. The highest BCUT2D eigenvalue weighted by Gasteiger charge is 2.23. The largest absolute Gasteiger partial charge is 0.322 e. The van der Waals surface area contributed by atoms with E-state index in [2.05, 4.69) is 37.2 Å². The van der Waals surface area contributed by atoms with Gasteiger partial charge in [-0.2, -0.15) is 4.31 Å². The minimum Gasteiger partial charge on any atom is -0.322 e. The second kappa shape index (κ2) is 8.44. The highest BCUT2D eigenvalue weighted by atomic mass is 79.9. The summed E-state index contributed by atoms with van der Waals surface area (Å²) in [6.45, 7) is 4.30. The lowest BCUT2D eigenvalue weighted by atomic mass is 10.2. The zero-order valence-electron chi connectivity index (χ0n) is 13.8. The Morgan fingerprint density at radius 2 is 1.64 bits per heavy atom. The molecule has 0 fully saturated rings. The average Bonchev–Trinajstić information content (AvgIpc) is 2.58. The first-order chi connectivity index (χ1) is 11.8. The summed E-state index contributed by atoms with van der Waals surface area (Å²) in [4.78, 5) is 12.6. The highest BCUT2D eigenvalue weighted by Crippen LogP contribution is 2.24. The van der Waals surface area contributed by atoms with E-state index in [1.807, 2.05) is 12.1 Å². The van der Waals surface area contributed by atoms with Crippen LogP contribution in [-0.4, -0.2) is 31.7 Å². The van der Waals surface area contributed by atoms with Gasteiger partial charge in [0.2, 0.25) is 10.0 Å². The van der Waals surface area contributed by atoms with Crippen molar-refractivity contribution in [1.82, 2.24) is 4.31 Å². The number of hydrogen-bond donors (Lipinski definition) is 1. The third kappa shape index (κ3) is 4.69. The number of hydrogen-bond acceptors (Lipinski definition) is 3. The van der Waals surface area contributed by atoms with Gasteiger partial charge >= 0.3 is 0 Å². The molecule has 25 heavy (non-hydrogen) atoms. The number of nitrogens with zero attached hydrogens (tertiary/aromatic N) is 1. The van der Waals surface area contributed by atoms with Crippen molar-refractivity contribution in [3.63, 3.8) is 0 Å². The molecule has 8 heteroatoms. The number of rotatable bonds is 6. The van der Waals surface area contributed by atoms with Crippen LogP contribution in [0.2, 0.25) is 0 Å². The first-order valence-electron chi connectivity index (χ1n) is 7.66. The normalized spacial score (nSPS) is 11.6. The Morgan fingerprint density at radius 1 is 1.04 bits per heavy atom. The molecule has 134 valence electrons. The topological polar surface area (TPSA) is 66.5 Å². The van der Waals surface area contributed by atoms with Crippen LogP contribution in [0.25, 0.3) is 0 Å². The van der Waals surface area contributed by atoms with E-state index in [9.17, 15) is 13.2 Å². The second-order valence-electron chi connectivity index (χ2n) is 5.19. The number of anilines is 1. The van der Waals surface area contributed by atoms with Crippen LogP contribution in [0.5, 0.6) is 0 Å².